The number of ketones is 2. The number of hydrogen-bond acceptors (Lipinski definition) is 9. The minimum Gasteiger partial charge on any atom is -0.469 e. The summed E-state index contributed by atoms with van der Waals surface area (Å²) in [6.07, 6.45) is 15.8. The molecule has 74 heavy (non-hydrogen) atoms. The van der Waals surface area contributed by atoms with Gasteiger partial charge in [0.05, 0.1) is 43.3 Å². The van der Waals surface area contributed by atoms with Crippen molar-refractivity contribution in [2.45, 2.75) is 231 Å². The summed E-state index contributed by atoms with van der Waals surface area (Å²) in [6.45, 7) is 32.4. The van der Waals surface area contributed by atoms with Crippen LogP contribution in [0.4, 0.5) is 0 Å². The number of carbonyl (C=O) groups excluding carboxylic acids is 4. The van der Waals surface area contributed by atoms with Crippen molar-refractivity contribution in [3.63, 3.8) is 0 Å². The smallest absolute Gasteiger partial charge is 0.315 e. The van der Waals surface area contributed by atoms with E-state index in [0.29, 0.717) is 56.1 Å². The molecule has 3 N–H and O–H groups in total. The van der Waals surface area contributed by atoms with E-state index in [9.17, 15) is 34.5 Å². The number of methoxy groups -OCH3 is 2. The van der Waals surface area contributed by atoms with Crippen LogP contribution in [0, 0.1) is 106 Å². The monoisotopic (exact) mass is 1070 g/mol. The Morgan fingerprint density at radius 1 is 0.581 bits per heavy atom. The van der Waals surface area contributed by atoms with Gasteiger partial charge in [0.2, 0.25) is 0 Å². The highest BCUT2D eigenvalue weighted by molar-refractivity contribution is 6.40. The fourth-order valence-electron chi connectivity index (χ4n) is 22.1. The Balaban J connectivity index is 0.000000187. The van der Waals surface area contributed by atoms with Crippen LogP contribution in [0.25, 0.3) is 0 Å². The van der Waals surface area contributed by atoms with Gasteiger partial charge in [-0.25, -0.2) is 0 Å². The van der Waals surface area contributed by atoms with Crippen molar-refractivity contribution in [3.8, 4) is 0 Å². The standard InChI is InChI=1S/C31H48O5.C31H50O4.CH2Cl2/c1-26(2)13-14-31(25(35)36-8)18(16-26)24-19(32)15-21-28(5)11-10-22(33)27(3,4)20(28)9-12-29(21,6)30(24,7)17-23(31)34;1-26(2)15-16-31(25(34)35-8)20(17-26)19-9-10-22-28(5)13-12-23(32)27(3,4)21(28)11-14-29(22,6)30(19,7)18-24(31)33;2-1-3/h18,20-21,23-24,34H,9-17H2,1-8H3;9,20-24,32-33H,10-18H2,1-8H3;1H2/t18-,20-,21+,23+,24?,28-,29+,30+,31+;20-,21-,22+,23-,24+,28-,29+,30+,31+;/m00./s1. The predicted molar refractivity (Wildman–Crippen MR) is 293 cm³/mol. The molecule has 0 saturated heterocycles. The van der Waals surface area contributed by atoms with E-state index in [2.05, 4.69) is 103 Å². The van der Waals surface area contributed by atoms with Gasteiger partial charge in [-0.1, -0.05) is 109 Å². The van der Waals surface area contributed by atoms with Crippen molar-refractivity contribution >= 4 is 46.7 Å². The normalized spacial score (nSPS) is 49.9. The van der Waals surface area contributed by atoms with Crippen molar-refractivity contribution in [3.05, 3.63) is 11.6 Å². The molecule has 10 aliphatic rings. The van der Waals surface area contributed by atoms with Gasteiger partial charge in [-0.3, -0.25) is 19.2 Å². The van der Waals surface area contributed by atoms with Gasteiger partial charge in [0.1, 0.15) is 17.0 Å². The van der Waals surface area contributed by atoms with Gasteiger partial charge in [0.25, 0.3) is 0 Å². The van der Waals surface area contributed by atoms with Crippen molar-refractivity contribution in [2.24, 2.45) is 106 Å². The fraction of sp³-hybridized carbons (Fsp3) is 0.905. The summed E-state index contributed by atoms with van der Waals surface area (Å²) >= 11 is 9.53. The molecule has 0 aromatic rings. The number of ether oxygens (including phenoxy) is 2. The summed E-state index contributed by atoms with van der Waals surface area (Å²) in [7, 11) is 2.91. The van der Waals surface area contributed by atoms with Crippen LogP contribution >= 0.6 is 23.2 Å². The first-order valence-electron chi connectivity index (χ1n) is 29.1. The molecule has 18 atom stereocenters. The molecular formula is C63H100Cl2O9. The second-order valence-electron chi connectivity index (χ2n) is 30.9. The molecule has 0 amide bonds. The van der Waals surface area contributed by atoms with Crippen LogP contribution in [0.2, 0.25) is 0 Å². The van der Waals surface area contributed by atoms with E-state index in [1.54, 1.807) is 0 Å². The number of esters is 2. The molecule has 0 bridgehead atoms. The second-order valence-corrected chi connectivity index (χ2v) is 31.8. The molecular weight excluding hydrogens is 972 g/mol. The van der Waals surface area contributed by atoms with Crippen LogP contribution in [0.5, 0.6) is 0 Å². The third-order valence-electron chi connectivity index (χ3n) is 26.6. The fourth-order valence-corrected chi connectivity index (χ4v) is 22.1. The Morgan fingerprint density at radius 2 is 1.11 bits per heavy atom. The molecule has 9 saturated carbocycles. The zero-order valence-corrected chi connectivity index (χ0v) is 50.3. The summed E-state index contributed by atoms with van der Waals surface area (Å²) in [4.78, 5) is 54.2. The van der Waals surface area contributed by atoms with E-state index in [0.717, 1.165) is 77.0 Å². The lowest BCUT2D eigenvalue weighted by molar-refractivity contribution is -0.255. The van der Waals surface area contributed by atoms with Crippen molar-refractivity contribution < 1.29 is 44.0 Å². The molecule has 9 fully saturated rings. The molecule has 10 aliphatic carbocycles. The van der Waals surface area contributed by atoms with Crippen molar-refractivity contribution in [1.82, 2.24) is 0 Å². The summed E-state index contributed by atoms with van der Waals surface area (Å²) < 4.78 is 10.7. The first-order valence-corrected chi connectivity index (χ1v) is 30.2. The van der Waals surface area contributed by atoms with E-state index in [4.69, 9.17) is 32.7 Å². The maximum absolute atomic E-state index is 14.4. The average molecular weight is 1070 g/mol. The van der Waals surface area contributed by atoms with Gasteiger partial charge >= 0.3 is 11.9 Å². The quantitative estimate of drug-likeness (QED) is 0.140. The third kappa shape index (κ3) is 7.90. The van der Waals surface area contributed by atoms with Gasteiger partial charge in [0, 0.05) is 24.2 Å². The molecule has 0 spiro atoms. The lowest BCUT2D eigenvalue weighted by Crippen LogP contribution is -2.72. The first-order chi connectivity index (χ1) is 34.0. The first kappa shape index (κ1) is 58.6. The van der Waals surface area contributed by atoms with Crippen molar-refractivity contribution in [1.29, 1.82) is 0 Å². The topological polar surface area (TPSA) is 147 Å². The number of carbonyl (C=O) groups is 4. The number of allylic oxidation sites excluding steroid dienone is 2. The van der Waals surface area contributed by atoms with Crippen LogP contribution in [0.1, 0.15) is 213 Å². The average Bonchev–Trinajstić information content (AvgIpc) is 3.30. The lowest BCUT2D eigenvalue weighted by Gasteiger charge is -2.72. The number of rotatable bonds is 2. The summed E-state index contributed by atoms with van der Waals surface area (Å²) in [5.74, 6) is 1.16. The SMILES string of the molecule is COC(=O)[C@]12CCC(C)(C)C[C@H]1C1=CC[C@@H]3[C@@]4(C)CC[C@H](O)C(C)(C)[C@@H]4CC[C@@]3(C)[C@]1(C)C[C@H]2O.COC(=O)[C@]12CCC(C)(C)C[C@H]1C1C(=O)C[C@@H]3[C@@]4(C)CCC(=O)C(C)(C)[C@@H]4CC[C@@]3(C)[C@]1(C)C[C@H]2O.ClCCl. The van der Waals surface area contributed by atoms with Crippen LogP contribution in [0.15, 0.2) is 11.6 Å². The largest absolute Gasteiger partial charge is 0.469 e. The molecule has 0 aliphatic heterocycles. The minimum atomic E-state index is -0.992. The Labute approximate surface area is 456 Å². The van der Waals surface area contributed by atoms with Gasteiger partial charge in [-0.05, 0) is 187 Å². The Bertz CT molecular complexity index is 2270. The number of aliphatic hydroxyl groups excluding tert-OH is 3. The summed E-state index contributed by atoms with van der Waals surface area (Å²) in [6, 6.07) is 0. The minimum absolute atomic E-state index is 0.00951. The summed E-state index contributed by atoms with van der Waals surface area (Å²) in [5.41, 5.74) is -1.17. The molecule has 11 heteroatoms. The lowest BCUT2D eigenvalue weighted by atomic mass is 9.31. The maximum atomic E-state index is 14.4. The number of alkyl halides is 2. The molecule has 10 rings (SSSR count). The highest BCUT2D eigenvalue weighted by atomic mass is 35.5. The zero-order valence-electron chi connectivity index (χ0n) is 48.8. The third-order valence-corrected chi connectivity index (χ3v) is 26.6. The molecule has 0 heterocycles. The van der Waals surface area contributed by atoms with E-state index < -0.39 is 28.5 Å². The predicted octanol–water partition coefficient (Wildman–Crippen LogP) is 13.5. The molecule has 420 valence electrons. The number of fused-ring (bicyclic) bond motifs is 14. The van der Waals surface area contributed by atoms with E-state index >= 15 is 0 Å². The Hall–Kier alpha value is -1.52. The second kappa shape index (κ2) is 18.8. The summed E-state index contributed by atoms with van der Waals surface area (Å²) in [5, 5.41) is 34.9. The number of halogens is 2. The van der Waals surface area contributed by atoms with Crippen LogP contribution in [-0.2, 0) is 28.7 Å². The highest BCUT2D eigenvalue weighted by Crippen LogP contribution is 2.78. The molecule has 0 aromatic carbocycles. The van der Waals surface area contributed by atoms with Crippen LogP contribution in [0.3, 0.4) is 0 Å². The van der Waals surface area contributed by atoms with E-state index in [-0.39, 0.29) is 107 Å². The van der Waals surface area contributed by atoms with Gasteiger partial charge < -0.3 is 24.8 Å². The molecule has 9 nitrogen and oxygen atoms in total. The van der Waals surface area contributed by atoms with Crippen LogP contribution < -0.4 is 0 Å². The Kier molecular flexibility index (Phi) is 14.9. The molecule has 0 aromatic heterocycles. The van der Waals surface area contributed by atoms with Crippen LogP contribution in [-0.4, -0.2) is 76.7 Å². The number of aliphatic hydroxyl groups is 3. The zero-order chi connectivity index (χ0) is 55.2. The van der Waals surface area contributed by atoms with E-state index in [1.807, 2.05) is 0 Å². The maximum Gasteiger partial charge on any atom is 0.315 e. The van der Waals surface area contributed by atoms with Gasteiger partial charge in [-0.2, -0.15) is 0 Å². The molecule has 1 unspecified atom stereocenters. The Morgan fingerprint density at radius 3 is 1.72 bits per heavy atom. The van der Waals surface area contributed by atoms with Gasteiger partial charge in [0.15, 0.2) is 0 Å². The highest BCUT2D eigenvalue weighted by Gasteiger charge is 2.76. The van der Waals surface area contributed by atoms with E-state index in [1.165, 1.54) is 19.8 Å². The van der Waals surface area contributed by atoms with Gasteiger partial charge in [-0.15, -0.1) is 23.2 Å². The number of hydrogen-bond donors (Lipinski definition) is 3. The van der Waals surface area contributed by atoms with Crippen molar-refractivity contribution in [2.75, 3.05) is 19.6 Å². The molecule has 0 radical (unpaired) electrons. The number of Topliss-reactive ketones (excluding diaryl/α,β-unsaturated/α-hetero) is 2.